The third-order valence-electron chi connectivity index (χ3n) is 3.00. The Kier molecular flexibility index (Phi) is 3.34. The van der Waals surface area contributed by atoms with Crippen molar-refractivity contribution in [2.24, 2.45) is 0 Å². The summed E-state index contributed by atoms with van der Waals surface area (Å²) in [6.07, 6.45) is 1.99. The number of hydrogen-bond acceptors (Lipinski definition) is 1. The Balaban J connectivity index is 2.09. The molecule has 0 unspecified atom stereocenters. The van der Waals surface area contributed by atoms with E-state index >= 15 is 0 Å². The summed E-state index contributed by atoms with van der Waals surface area (Å²) in [6, 6.07) is 20.2. The minimum atomic E-state index is 0.455. The van der Waals surface area contributed by atoms with Crippen LogP contribution in [0.2, 0.25) is 0 Å². The molecule has 0 amide bonds. The Hall–Kier alpha value is -2.06. The fraction of sp³-hybridized carbons (Fsp3) is 0.0625. The maximum atomic E-state index is 6.03. The molecule has 3 heteroatoms. The summed E-state index contributed by atoms with van der Waals surface area (Å²) in [5.74, 6) is 0.455. The van der Waals surface area contributed by atoms with Crippen molar-refractivity contribution in [1.82, 2.24) is 9.78 Å². The Morgan fingerprint density at radius 3 is 2.16 bits per heavy atom. The molecule has 2 nitrogen and oxygen atoms in total. The van der Waals surface area contributed by atoms with Crippen molar-refractivity contribution in [2.45, 2.75) is 5.88 Å². The lowest BCUT2D eigenvalue weighted by molar-refractivity contribution is 0.884. The first-order valence-electron chi connectivity index (χ1n) is 6.14. The van der Waals surface area contributed by atoms with Gasteiger partial charge in [0.05, 0.1) is 17.3 Å². The second kappa shape index (κ2) is 5.29. The summed E-state index contributed by atoms with van der Waals surface area (Å²) in [7, 11) is 0. The maximum absolute atomic E-state index is 6.03. The van der Waals surface area contributed by atoms with Crippen LogP contribution >= 0.6 is 11.6 Å². The normalized spacial score (nSPS) is 10.6. The van der Waals surface area contributed by atoms with Crippen LogP contribution in [0.3, 0.4) is 0 Å². The molecular formula is C16H13ClN2. The number of rotatable bonds is 3. The molecule has 0 spiro atoms. The fourth-order valence-electron chi connectivity index (χ4n) is 2.06. The van der Waals surface area contributed by atoms with Gasteiger partial charge in [0.2, 0.25) is 0 Å². The van der Waals surface area contributed by atoms with Crippen molar-refractivity contribution in [1.29, 1.82) is 0 Å². The maximum Gasteiger partial charge on any atom is 0.0971 e. The summed E-state index contributed by atoms with van der Waals surface area (Å²) in [4.78, 5) is 0. The minimum absolute atomic E-state index is 0.455. The molecule has 2 aromatic carbocycles. The zero-order valence-electron chi connectivity index (χ0n) is 10.3. The summed E-state index contributed by atoms with van der Waals surface area (Å²) in [6.45, 7) is 0. The largest absolute Gasteiger partial charge is 0.240 e. The van der Waals surface area contributed by atoms with Crippen molar-refractivity contribution < 1.29 is 0 Å². The van der Waals surface area contributed by atoms with Gasteiger partial charge in [0.25, 0.3) is 0 Å². The third kappa shape index (κ3) is 2.40. The number of aromatic nitrogens is 2. The van der Waals surface area contributed by atoms with Crippen molar-refractivity contribution in [3.8, 4) is 16.9 Å². The monoisotopic (exact) mass is 268 g/mol. The molecule has 0 fully saturated rings. The van der Waals surface area contributed by atoms with Crippen molar-refractivity contribution in [3.05, 3.63) is 72.4 Å². The summed E-state index contributed by atoms with van der Waals surface area (Å²) in [5.41, 5.74) is 4.11. The van der Waals surface area contributed by atoms with Crippen LogP contribution in [-0.2, 0) is 5.88 Å². The van der Waals surface area contributed by atoms with Gasteiger partial charge in [-0.3, -0.25) is 0 Å². The van der Waals surface area contributed by atoms with Crippen LogP contribution in [0.15, 0.2) is 66.9 Å². The fourth-order valence-corrected chi connectivity index (χ4v) is 2.26. The van der Waals surface area contributed by atoms with Gasteiger partial charge >= 0.3 is 0 Å². The van der Waals surface area contributed by atoms with E-state index in [1.165, 1.54) is 0 Å². The predicted molar refractivity (Wildman–Crippen MR) is 78.6 cm³/mol. The molecule has 94 valence electrons. The lowest BCUT2D eigenvalue weighted by Gasteiger charge is -2.00. The number of para-hydroxylation sites is 1. The molecule has 0 aliphatic carbocycles. The Morgan fingerprint density at radius 1 is 0.895 bits per heavy atom. The number of benzene rings is 2. The van der Waals surface area contributed by atoms with Gasteiger partial charge in [0.15, 0.2) is 0 Å². The van der Waals surface area contributed by atoms with Crippen LogP contribution in [0.1, 0.15) is 5.56 Å². The highest BCUT2D eigenvalue weighted by atomic mass is 35.5. The Morgan fingerprint density at radius 2 is 1.53 bits per heavy atom. The quantitative estimate of drug-likeness (QED) is 0.649. The molecule has 1 heterocycles. The predicted octanol–water partition coefficient (Wildman–Crippen LogP) is 4.28. The van der Waals surface area contributed by atoms with Crippen LogP contribution < -0.4 is 0 Å². The number of halogens is 1. The van der Waals surface area contributed by atoms with Gasteiger partial charge < -0.3 is 0 Å². The highest BCUT2D eigenvalue weighted by Crippen LogP contribution is 2.24. The average molecular weight is 269 g/mol. The van der Waals surface area contributed by atoms with E-state index in [0.29, 0.717) is 5.88 Å². The number of nitrogens with zero attached hydrogens (tertiary/aromatic N) is 2. The topological polar surface area (TPSA) is 17.8 Å². The zero-order valence-corrected chi connectivity index (χ0v) is 11.1. The number of alkyl halides is 1. The van der Waals surface area contributed by atoms with E-state index in [4.69, 9.17) is 11.6 Å². The molecule has 0 saturated carbocycles. The van der Waals surface area contributed by atoms with E-state index < -0.39 is 0 Å². The minimum Gasteiger partial charge on any atom is -0.240 e. The van der Waals surface area contributed by atoms with Gasteiger partial charge in [-0.25, -0.2) is 4.68 Å². The molecular weight excluding hydrogens is 256 g/mol. The highest BCUT2D eigenvalue weighted by molar-refractivity contribution is 6.17. The van der Waals surface area contributed by atoms with Gasteiger partial charge in [0, 0.05) is 17.3 Å². The molecule has 1 aromatic heterocycles. The van der Waals surface area contributed by atoms with Gasteiger partial charge in [0.1, 0.15) is 0 Å². The van der Waals surface area contributed by atoms with Crippen LogP contribution in [-0.4, -0.2) is 9.78 Å². The Labute approximate surface area is 117 Å². The van der Waals surface area contributed by atoms with E-state index in [-0.39, 0.29) is 0 Å². The third-order valence-corrected chi connectivity index (χ3v) is 3.29. The molecule has 3 rings (SSSR count). The lowest BCUT2D eigenvalue weighted by atomic mass is 10.1. The second-order valence-corrected chi connectivity index (χ2v) is 4.55. The molecule has 0 saturated heterocycles. The summed E-state index contributed by atoms with van der Waals surface area (Å²) >= 11 is 6.03. The lowest BCUT2D eigenvalue weighted by Crippen LogP contribution is -1.93. The number of hydrogen-bond donors (Lipinski definition) is 0. The van der Waals surface area contributed by atoms with Crippen LogP contribution in [0, 0.1) is 0 Å². The van der Waals surface area contributed by atoms with Crippen molar-refractivity contribution >= 4 is 11.6 Å². The molecule has 0 aliphatic heterocycles. The van der Waals surface area contributed by atoms with Gasteiger partial charge in [-0.15, -0.1) is 11.6 Å². The van der Waals surface area contributed by atoms with E-state index in [9.17, 15) is 0 Å². The molecule has 0 bridgehead atoms. The summed E-state index contributed by atoms with van der Waals surface area (Å²) < 4.78 is 1.88. The molecule has 19 heavy (non-hydrogen) atoms. The molecule has 3 aromatic rings. The van der Waals surface area contributed by atoms with Gasteiger partial charge in [-0.2, -0.15) is 5.10 Å². The van der Waals surface area contributed by atoms with Gasteiger partial charge in [-0.1, -0.05) is 48.5 Å². The van der Waals surface area contributed by atoms with E-state index in [0.717, 1.165) is 22.5 Å². The molecule has 0 N–H and O–H groups in total. The van der Waals surface area contributed by atoms with E-state index in [1.54, 1.807) is 0 Å². The standard InChI is InChI=1S/C16H13ClN2/c17-11-14-12-19(15-9-5-2-6-10-15)18-16(14)13-7-3-1-4-8-13/h1-10,12H,11H2. The molecule has 0 radical (unpaired) electrons. The van der Waals surface area contributed by atoms with E-state index in [2.05, 4.69) is 5.10 Å². The molecule has 0 aliphatic rings. The first-order valence-corrected chi connectivity index (χ1v) is 6.67. The first kappa shape index (κ1) is 12.0. The van der Waals surface area contributed by atoms with Crippen molar-refractivity contribution in [2.75, 3.05) is 0 Å². The highest BCUT2D eigenvalue weighted by Gasteiger charge is 2.10. The zero-order chi connectivity index (χ0) is 13.1. The van der Waals surface area contributed by atoms with Crippen LogP contribution in [0.25, 0.3) is 16.9 Å². The van der Waals surface area contributed by atoms with Crippen LogP contribution in [0.5, 0.6) is 0 Å². The van der Waals surface area contributed by atoms with Crippen molar-refractivity contribution in [3.63, 3.8) is 0 Å². The molecule has 0 atom stereocenters. The smallest absolute Gasteiger partial charge is 0.0971 e. The second-order valence-electron chi connectivity index (χ2n) is 4.28. The van der Waals surface area contributed by atoms with Gasteiger partial charge in [-0.05, 0) is 12.1 Å². The Bertz CT molecular complexity index is 660. The average Bonchev–Trinajstić information content (AvgIpc) is 2.93. The van der Waals surface area contributed by atoms with E-state index in [1.807, 2.05) is 71.5 Å². The first-order chi connectivity index (χ1) is 9.38. The SMILES string of the molecule is ClCc1cn(-c2ccccc2)nc1-c1ccccc1. The summed E-state index contributed by atoms with van der Waals surface area (Å²) in [5, 5.41) is 4.65. The van der Waals surface area contributed by atoms with Crippen LogP contribution in [0.4, 0.5) is 0 Å².